The fourth-order valence-corrected chi connectivity index (χ4v) is 4.13. The number of carbonyl (C=O) groups is 1. The Morgan fingerprint density at radius 2 is 1.87 bits per heavy atom. The van der Waals surface area contributed by atoms with E-state index >= 15 is 0 Å². The van der Waals surface area contributed by atoms with Gasteiger partial charge in [-0.3, -0.25) is 4.79 Å². The molecule has 5 heteroatoms. The maximum Gasteiger partial charge on any atom is 0.254 e. The molecule has 1 fully saturated rings. The molecule has 30 heavy (non-hydrogen) atoms. The highest BCUT2D eigenvalue weighted by Gasteiger charge is 2.23. The van der Waals surface area contributed by atoms with Crippen molar-refractivity contribution in [1.29, 1.82) is 0 Å². The quantitative estimate of drug-likeness (QED) is 0.553. The van der Waals surface area contributed by atoms with Gasteiger partial charge in [-0.1, -0.05) is 35.8 Å². The summed E-state index contributed by atoms with van der Waals surface area (Å²) in [5.74, 6) is 6.29. The standard InChI is InChI=1S/C25H23N3OS/c1-18-7-5-9-21(26-18)10-6-8-20-13-15-28(16-14-20)25(29)23-12-4-3-11-22(23)24-17-30-19(2)27-24/h3-5,7-9,11-12,17H,13-16H2,1-2H3. The number of piperidine rings is 1. The molecule has 1 saturated heterocycles. The normalized spacial score (nSPS) is 13.5. The van der Waals surface area contributed by atoms with Crippen LogP contribution >= 0.6 is 11.3 Å². The predicted octanol–water partition coefficient (Wildman–Crippen LogP) is 5.04. The van der Waals surface area contributed by atoms with E-state index in [4.69, 9.17) is 0 Å². The van der Waals surface area contributed by atoms with E-state index in [9.17, 15) is 4.79 Å². The average molecular weight is 414 g/mol. The van der Waals surface area contributed by atoms with Crippen LogP contribution in [-0.4, -0.2) is 33.9 Å². The Morgan fingerprint density at radius 3 is 2.60 bits per heavy atom. The zero-order valence-corrected chi connectivity index (χ0v) is 18.0. The molecule has 4 rings (SSSR count). The monoisotopic (exact) mass is 413 g/mol. The summed E-state index contributed by atoms with van der Waals surface area (Å²) in [4.78, 5) is 24.1. The molecule has 0 unspecified atom stereocenters. The molecule has 0 spiro atoms. The summed E-state index contributed by atoms with van der Waals surface area (Å²) in [6, 6.07) is 13.6. The van der Waals surface area contributed by atoms with Gasteiger partial charge in [0.15, 0.2) is 0 Å². The summed E-state index contributed by atoms with van der Waals surface area (Å²) in [6.45, 7) is 5.36. The van der Waals surface area contributed by atoms with E-state index in [0.29, 0.717) is 13.1 Å². The van der Waals surface area contributed by atoms with Crippen LogP contribution in [0.25, 0.3) is 11.3 Å². The molecule has 3 aromatic rings. The highest BCUT2D eigenvalue weighted by molar-refractivity contribution is 7.09. The van der Waals surface area contributed by atoms with E-state index in [2.05, 4.69) is 21.8 Å². The molecule has 3 heterocycles. The molecule has 1 aliphatic heterocycles. The maximum atomic E-state index is 13.2. The van der Waals surface area contributed by atoms with Gasteiger partial charge in [-0.05, 0) is 56.9 Å². The van der Waals surface area contributed by atoms with Crippen molar-refractivity contribution in [3.05, 3.63) is 81.5 Å². The minimum atomic E-state index is 0.0744. The van der Waals surface area contributed by atoms with Crippen LogP contribution < -0.4 is 0 Å². The van der Waals surface area contributed by atoms with Crippen molar-refractivity contribution in [2.75, 3.05) is 13.1 Å². The Morgan fingerprint density at radius 1 is 1.07 bits per heavy atom. The highest BCUT2D eigenvalue weighted by atomic mass is 32.1. The third kappa shape index (κ3) is 4.67. The van der Waals surface area contributed by atoms with Gasteiger partial charge in [0.05, 0.1) is 10.7 Å². The number of aryl methyl sites for hydroxylation is 2. The minimum absolute atomic E-state index is 0.0744. The van der Waals surface area contributed by atoms with E-state index < -0.39 is 0 Å². The minimum Gasteiger partial charge on any atom is -0.338 e. The lowest BCUT2D eigenvalue weighted by molar-refractivity contribution is 0.0744. The molecule has 0 radical (unpaired) electrons. The maximum absolute atomic E-state index is 13.2. The fraction of sp³-hybridized carbons (Fsp3) is 0.240. The zero-order chi connectivity index (χ0) is 20.9. The van der Waals surface area contributed by atoms with E-state index in [-0.39, 0.29) is 5.91 Å². The van der Waals surface area contributed by atoms with E-state index in [1.165, 1.54) is 5.57 Å². The van der Waals surface area contributed by atoms with Crippen molar-refractivity contribution in [2.45, 2.75) is 26.7 Å². The third-order valence-corrected chi connectivity index (χ3v) is 5.88. The van der Waals surface area contributed by atoms with E-state index in [0.717, 1.165) is 46.1 Å². The number of allylic oxidation sites excluding steroid dienone is 1. The van der Waals surface area contributed by atoms with Gasteiger partial charge in [0.2, 0.25) is 0 Å². The number of likely N-dealkylation sites (tertiary alicyclic amines) is 1. The number of hydrogen-bond acceptors (Lipinski definition) is 4. The zero-order valence-electron chi connectivity index (χ0n) is 17.2. The molecule has 1 amide bonds. The second-order valence-corrected chi connectivity index (χ2v) is 8.39. The molecular weight excluding hydrogens is 390 g/mol. The predicted molar refractivity (Wildman–Crippen MR) is 121 cm³/mol. The van der Waals surface area contributed by atoms with Crippen LogP contribution in [-0.2, 0) is 0 Å². The van der Waals surface area contributed by atoms with Gasteiger partial charge in [-0.25, -0.2) is 9.97 Å². The summed E-state index contributed by atoms with van der Waals surface area (Å²) in [7, 11) is 0. The van der Waals surface area contributed by atoms with Crippen LogP contribution in [0.5, 0.6) is 0 Å². The van der Waals surface area contributed by atoms with Gasteiger partial charge >= 0.3 is 0 Å². The number of carbonyl (C=O) groups excluding carboxylic acids is 1. The molecule has 0 atom stereocenters. The molecule has 150 valence electrons. The fourth-order valence-electron chi connectivity index (χ4n) is 3.52. The van der Waals surface area contributed by atoms with Gasteiger partial charge in [0.1, 0.15) is 5.69 Å². The SMILES string of the molecule is Cc1cccc(C#CC=C2CCN(C(=O)c3ccccc3-c3csc(C)n3)CC2)n1. The number of thiazole rings is 1. The average Bonchev–Trinajstić information content (AvgIpc) is 3.20. The van der Waals surface area contributed by atoms with Crippen LogP contribution in [0.2, 0.25) is 0 Å². The van der Waals surface area contributed by atoms with Crippen LogP contribution in [0.1, 0.15) is 39.6 Å². The van der Waals surface area contributed by atoms with E-state index in [1.807, 2.05) is 72.7 Å². The smallest absolute Gasteiger partial charge is 0.254 e. The third-order valence-electron chi connectivity index (χ3n) is 5.11. The molecule has 2 aromatic heterocycles. The Bertz CT molecular complexity index is 1160. The lowest BCUT2D eigenvalue weighted by Crippen LogP contribution is -2.36. The second-order valence-electron chi connectivity index (χ2n) is 7.33. The van der Waals surface area contributed by atoms with Crippen molar-refractivity contribution < 1.29 is 4.79 Å². The van der Waals surface area contributed by atoms with Crippen LogP contribution in [0, 0.1) is 25.7 Å². The molecule has 4 nitrogen and oxygen atoms in total. The molecule has 1 aromatic carbocycles. The Kier molecular flexibility index (Phi) is 6.06. The second kappa shape index (κ2) is 9.06. The van der Waals surface area contributed by atoms with Crippen molar-refractivity contribution in [2.24, 2.45) is 0 Å². The topological polar surface area (TPSA) is 46.1 Å². The van der Waals surface area contributed by atoms with Gasteiger partial charge < -0.3 is 4.90 Å². The van der Waals surface area contributed by atoms with Gasteiger partial charge in [0.25, 0.3) is 5.91 Å². The number of amides is 1. The van der Waals surface area contributed by atoms with E-state index in [1.54, 1.807) is 11.3 Å². The molecule has 0 aliphatic carbocycles. The Hall–Kier alpha value is -3.23. The first-order valence-corrected chi connectivity index (χ1v) is 10.9. The molecular formula is C25H23N3OS. The number of benzene rings is 1. The number of aromatic nitrogens is 2. The number of hydrogen-bond donors (Lipinski definition) is 0. The molecule has 0 N–H and O–H groups in total. The highest BCUT2D eigenvalue weighted by Crippen LogP contribution is 2.27. The first kappa shape index (κ1) is 20.1. The summed E-state index contributed by atoms with van der Waals surface area (Å²) >= 11 is 1.60. The number of pyridine rings is 1. The molecule has 0 bridgehead atoms. The summed E-state index contributed by atoms with van der Waals surface area (Å²) < 4.78 is 0. The van der Waals surface area contributed by atoms with Gasteiger partial charge in [0, 0.05) is 35.3 Å². The van der Waals surface area contributed by atoms with Crippen LogP contribution in [0.3, 0.4) is 0 Å². The van der Waals surface area contributed by atoms with Crippen LogP contribution in [0.4, 0.5) is 0 Å². The van der Waals surface area contributed by atoms with Crippen LogP contribution in [0.15, 0.2) is 59.5 Å². The summed E-state index contributed by atoms with van der Waals surface area (Å²) in [5.41, 5.74) is 5.54. The lowest BCUT2D eigenvalue weighted by Gasteiger charge is -2.29. The molecule has 0 saturated carbocycles. The van der Waals surface area contributed by atoms with Gasteiger partial charge in [-0.2, -0.15) is 0 Å². The van der Waals surface area contributed by atoms with Crippen molar-refractivity contribution in [3.63, 3.8) is 0 Å². The Labute approximate surface area is 181 Å². The lowest BCUT2D eigenvalue weighted by atomic mass is 10.00. The summed E-state index contributed by atoms with van der Waals surface area (Å²) in [5, 5.41) is 3.02. The van der Waals surface area contributed by atoms with Crippen molar-refractivity contribution in [3.8, 4) is 23.1 Å². The first-order chi connectivity index (χ1) is 14.6. The Balaban J connectivity index is 1.43. The van der Waals surface area contributed by atoms with Gasteiger partial charge in [-0.15, -0.1) is 11.3 Å². The molecule has 1 aliphatic rings. The number of rotatable bonds is 2. The van der Waals surface area contributed by atoms with Crippen molar-refractivity contribution >= 4 is 17.2 Å². The number of nitrogens with zero attached hydrogens (tertiary/aromatic N) is 3. The van der Waals surface area contributed by atoms with Crippen molar-refractivity contribution in [1.82, 2.24) is 14.9 Å². The largest absolute Gasteiger partial charge is 0.338 e. The summed E-state index contributed by atoms with van der Waals surface area (Å²) in [6.07, 6.45) is 3.68. The first-order valence-electron chi connectivity index (χ1n) is 10.0.